The van der Waals surface area contributed by atoms with E-state index in [2.05, 4.69) is 9.71 Å². The zero-order valence-corrected chi connectivity index (χ0v) is 17.1. The second kappa shape index (κ2) is 7.63. The molecule has 0 saturated carbocycles. The van der Waals surface area contributed by atoms with Gasteiger partial charge in [-0.25, -0.2) is 23.1 Å². The minimum Gasteiger partial charge on any atom is -0.236 e. The van der Waals surface area contributed by atoms with Gasteiger partial charge in [-0.15, -0.1) is 0 Å². The summed E-state index contributed by atoms with van der Waals surface area (Å²) in [7, 11) is -3.60. The Kier molecular flexibility index (Phi) is 4.81. The van der Waals surface area contributed by atoms with Crippen molar-refractivity contribution in [1.82, 2.24) is 14.7 Å². The van der Waals surface area contributed by atoms with E-state index >= 15 is 0 Å². The Hall–Kier alpha value is -3.09. The van der Waals surface area contributed by atoms with Crippen LogP contribution < -0.4 is 4.72 Å². The monoisotopic (exact) mass is 415 g/mol. The predicted octanol–water partition coefficient (Wildman–Crippen LogP) is 4.13. The van der Waals surface area contributed by atoms with E-state index < -0.39 is 10.0 Å². The largest absolute Gasteiger partial charge is 0.240 e. The van der Waals surface area contributed by atoms with Crippen molar-refractivity contribution < 1.29 is 8.42 Å². The van der Waals surface area contributed by atoms with Crippen molar-refractivity contribution >= 4 is 20.8 Å². The molecule has 150 valence electrons. The van der Waals surface area contributed by atoms with Gasteiger partial charge in [-0.05, 0) is 47.7 Å². The molecule has 1 N–H and O–H groups in total. The molecule has 0 bridgehead atoms. The van der Waals surface area contributed by atoms with Crippen molar-refractivity contribution in [2.75, 3.05) is 0 Å². The second-order valence-corrected chi connectivity index (χ2v) is 9.32. The summed E-state index contributed by atoms with van der Waals surface area (Å²) in [6.45, 7) is 0. The molecule has 1 aliphatic carbocycles. The van der Waals surface area contributed by atoms with E-state index in [4.69, 9.17) is 4.98 Å². The van der Waals surface area contributed by atoms with Crippen LogP contribution in [0.1, 0.15) is 17.7 Å². The highest BCUT2D eigenvalue weighted by Gasteiger charge is 2.26. The highest BCUT2D eigenvalue weighted by Crippen LogP contribution is 2.25. The first kappa shape index (κ1) is 18.9. The van der Waals surface area contributed by atoms with Crippen LogP contribution in [-0.4, -0.2) is 24.4 Å². The number of aromatic nitrogens is 2. The van der Waals surface area contributed by atoms with E-state index in [1.165, 1.54) is 0 Å². The fraction of sp³-hybridized carbons (Fsp3) is 0.167. The van der Waals surface area contributed by atoms with Gasteiger partial charge in [-0.2, -0.15) is 0 Å². The van der Waals surface area contributed by atoms with Crippen molar-refractivity contribution in [3.63, 3.8) is 0 Å². The normalized spacial score (nSPS) is 16.3. The average molecular weight is 416 g/mol. The lowest BCUT2D eigenvalue weighted by Gasteiger charge is -2.24. The molecule has 0 amide bonds. The number of sulfonamides is 1. The summed E-state index contributed by atoms with van der Waals surface area (Å²) in [6.07, 6.45) is 3.87. The van der Waals surface area contributed by atoms with E-state index in [9.17, 15) is 8.42 Å². The smallest absolute Gasteiger partial charge is 0.236 e. The van der Waals surface area contributed by atoms with Crippen LogP contribution in [0.4, 0.5) is 0 Å². The molecule has 0 spiro atoms. The molecule has 0 radical (unpaired) electrons. The minimum atomic E-state index is -3.60. The van der Waals surface area contributed by atoms with Gasteiger partial charge in [0.2, 0.25) is 10.0 Å². The van der Waals surface area contributed by atoms with Crippen molar-refractivity contribution in [2.45, 2.75) is 30.2 Å². The Morgan fingerprint density at radius 1 is 0.900 bits per heavy atom. The van der Waals surface area contributed by atoms with Crippen molar-refractivity contribution in [3.8, 4) is 11.4 Å². The van der Waals surface area contributed by atoms with Crippen LogP contribution in [0.2, 0.25) is 0 Å². The maximum Gasteiger partial charge on any atom is 0.240 e. The molecule has 1 atom stereocenters. The third kappa shape index (κ3) is 3.72. The lowest BCUT2D eigenvalue weighted by atomic mass is 9.93. The zero-order chi connectivity index (χ0) is 20.6. The van der Waals surface area contributed by atoms with Gasteiger partial charge in [-0.3, -0.25) is 0 Å². The van der Waals surface area contributed by atoms with Gasteiger partial charge in [0.25, 0.3) is 0 Å². The minimum absolute atomic E-state index is 0.167. The number of hydrogen-bond donors (Lipinski definition) is 1. The topological polar surface area (TPSA) is 72.0 Å². The molecular formula is C24H21N3O2S. The van der Waals surface area contributed by atoms with E-state index in [-0.39, 0.29) is 6.04 Å². The Morgan fingerprint density at radius 3 is 2.50 bits per heavy atom. The van der Waals surface area contributed by atoms with Gasteiger partial charge < -0.3 is 0 Å². The zero-order valence-electron chi connectivity index (χ0n) is 16.3. The van der Waals surface area contributed by atoms with E-state index in [1.807, 2.05) is 66.9 Å². The summed E-state index contributed by atoms with van der Waals surface area (Å²) in [5.41, 5.74) is 3.00. The number of nitrogens with zero attached hydrogens (tertiary/aromatic N) is 2. The van der Waals surface area contributed by atoms with Crippen molar-refractivity contribution in [2.24, 2.45) is 0 Å². The van der Waals surface area contributed by atoms with Crippen LogP contribution in [0.5, 0.6) is 0 Å². The quantitative estimate of drug-likeness (QED) is 0.544. The van der Waals surface area contributed by atoms with E-state index in [0.29, 0.717) is 23.6 Å². The number of aryl methyl sites for hydroxylation is 1. The van der Waals surface area contributed by atoms with Gasteiger partial charge >= 0.3 is 0 Å². The van der Waals surface area contributed by atoms with Crippen LogP contribution in [0.15, 0.2) is 83.9 Å². The molecule has 4 aromatic rings. The maximum absolute atomic E-state index is 13.0. The Bertz CT molecular complexity index is 1320. The molecule has 30 heavy (non-hydrogen) atoms. The van der Waals surface area contributed by atoms with Crippen molar-refractivity contribution in [3.05, 3.63) is 90.3 Å². The van der Waals surface area contributed by atoms with Crippen molar-refractivity contribution in [1.29, 1.82) is 0 Å². The SMILES string of the molecule is O=S(=O)(N[C@@H]1CCc2nc(-c3ccccc3)ncc2C1)c1ccc2ccccc2c1. The van der Waals surface area contributed by atoms with Gasteiger partial charge in [0, 0.05) is 23.5 Å². The fourth-order valence-corrected chi connectivity index (χ4v) is 5.26. The molecule has 1 aromatic heterocycles. The molecule has 1 heterocycles. The van der Waals surface area contributed by atoms with Gasteiger partial charge in [0.05, 0.1) is 4.90 Å². The predicted molar refractivity (Wildman–Crippen MR) is 118 cm³/mol. The summed E-state index contributed by atoms with van der Waals surface area (Å²) in [5, 5.41) is 1.94. The second-order valence-electron chi connectivity index (χ2n) is 7.60. The summed E-state index contributed by atoms with van der Waals surface area (Å²) in [4.78, 5) is 9.51. The standard InChI is InChI=1S/C24H21N3O2S/c28-30(29,22-12-10-17-6-4-5-9-19(17)15-22)27-21-11-13-23-20(14-21)16-25-24(26-23)18-7-2-1-3-8-18/h1-10,12,15-16,21,27H,11,13-14H2/t21-/m1/s1. The Morgan fingerprint density at radius 2 is 1.67 bits per heavy atom. The number of nitrogens with one attached hydrogen (secondary N) is 1. The summed E-state index contributed by atoms with van der Waals surface area (Å²) >= 11 is 0. The molecular weight excluding hydrogens is 394 g/mol. The molecule has 0 unspecified atom stereocenters. The molecule has 5 nitrogen and oxygen atoms in total. The highest BCUT2D eigenvalue weighted by molar-refractivity contribution is 7.89. The van der Waals surface area contributed by atoms with Crippen LogP contribution >= 0.6 is 0 Å². The van der Waals surface area contributed by atoms with E-state index in [0.717, 1.165) is 34.0 Å². The first-order valence-corrected chi connectivity index (χ1v) is 11.5. The summed E-state index contributed by atoms with van der Waals surface area (Å²) in [5.74, 6) is 0.713. The van der Waals surface area contributed by atoms with Crippen LogP contribution in [0.3, 0.4) is 0 Å². The molecule has 1 aliphatic rings. The first-order valence-electron chi connectivity index (χ1n) is 10.00. The molecule has 6 heteroatoms. The molecule has 0 fully saturated rings. The van der Waals surface area contributed by atoms with Crippen LogP contribution in [0.25, 0.3) is 22.2 Å². The van der Waals surface area contributed by atoms with Crippen LogP contribution in [0, 0.1) is 0 Å². The lowest BCUT2D eigenvalue weighted by Crippen LogP contribution is -2.39. The Labute approximate surface area is 175 Å². The number of rotatable bonds is 4. The van der Waals surface area contributed by atoms with Crippen LogP contribution in [-0.2, 0) is 22.9 Å². The van der Waals surface area contributed by atoms with Gasteiger partial charge in [0.15, 0.2) is 5.82 Å². The van der Waals surface area contributed by atoms with Gasteiger partial charge in [-0.1, -0.05) is 60.7 Å². The first-order chi connectivity index (χ1) is 14.6. The summed E-state index contributed by atoms with van der Waals surface area (Å²) in [6, 6.07) is 22.7. The number of fused-ring (bicyclic) bond motifs is 2. The number of benzene rings is 3. The maximum atomic E-state index is 13.0. The highest BCUT2D eigenvalue weighted by atomic mass is 32.2. The summed E-state index contributed by atoms with van der Waals surface area (Å²) < 4.78 is 28.8. The van der Waals surface area contributed by atoms with E-state index in [1.54, 1.807) is 12.1 Å². The average Bonchev–Trinajstić information content (AvgIpc) is 2.79. The molecule has 5 rings (SSSR count). The fourth-order valence-electron chi connectivity index (χ4n) is 3.96. The third-order valence-corrected chi connectivity index (χ3v) is 7.05. The number of hydrogen-bond acceptors (Lipinski definition) is 4. The molecule has 0 saturated heterocycles. The third-order valence-electron chi connectivity index (χ3n) is 5.54. The van der Waals surface area contributed by atoms with Gasteiger partial charge in [0.1, 0.15) is 0 Å². The Balaban J connectivity index is 1.35. The molecule has 3 aromatic carbocycles. The molecule has 0 aliphatic heterocycles. The lowest BCUT2D eigenvalue weighted by molar-refractivity contribution is 0.502.